The van der Waals surface area contributed by atoms with E-state index < -0.39 is 0 Å². The van der Waals surface area contributed by atoms with Crippen LogP contribution in [0.3, 0.4) is 0 Å². The lowest BCUT2D eigenvalue weighted by Crippen LogP contribution is -2.25. The van der Waals surface area contributed by atoms with Crippen LogP contribution in [0.4, 0.5) is 11.4 Å². The minimum atomic E-state index is -0.0657. The first kappa shape index (κ1) is 18.0. The van der Waals surface area contributed by atoms with E-state index in [1.165, 1.54) is 0 Å². The predicted octanol–water partition coefficient (Wildman–Crippen LogP) is 4.44. The molecule has 0 saturated carbocycles. The van der Waals surface area contributed by atoms with Gasteiger partial charge in [-0.1, -0.05) is 54.6 Å². The zero-order valence-corrected chi connectivity index (χ0v) is 15.8. The maximum atomic E-state index is 12.4. The summed E-state index contributed by atoms with van der Waals surface area (Å²) in [6.07, 6.45) is 0.708. The van der Waals surface area contributed by atoms with E-state index in [2.05, 4.69) is 17.4 Å². The van der Waals surface area contributed by atoms with Gasteiger partial charge in [0.2, 0.25) is 11.8 Å². The topological polar surface area (TPSA) is 49.4 Å². The average molecular weight is 370 g/mol. The van der Waals surface area contributed by atoms with Crippen molar-refractivity contribution in [2.45, 2.75) is 19.8 Å². The molecule has 0 aromatic heterocycles. The Morgan fingerprint density at radius 3 is 2.39 bits per heavy atom. The molecule has 4 heteroatoms. The lowest BCUT2D eigenvalue weighted by molar-refractivity contribution is -0.117. The number of rotatable bonds is 5. The van der Waals surface area contributed by atoms with Crippen LogP contribution < -0.4 is 10.2 Å². The smallest absolute Gasteiger partial charge is 0.231 e. The van der Waals surface area contributed by atoms with E-state index in [1.54, 1.807) is 4.90 Å². The Kier molecular flexibility index (Phi) is 4.94. The van der Waals surface area contributed by atoms with Crippen LogP contribution in [0.25, 0.3) is 11.1 Å². The Morgan fingerprint density at radius 2 is 1.68 bits per heavy atom. The van der Waals surface area contributed by atoms with Crippen LogP contribution in [-0.2, 0) is 22.4 Å². The Hall–Kier alpha value is -3.40. The molecule has 28 heavy (non-hydrogen) atoms. The number of fused-ring (bicyclic) bond motifs is 1. The van der Waals surface area contributed by atoms with Gasteiger partial charge < -0.3 is 10.2 Å². The Morgan fingerprint density at radius 1 is 0.964 bits per heavy atom. The van der Waals surface area contributed by atoms with Crippen molar-refractivity contribution < 1.29 is 9.59 Å². The zero-order valence-electron chi connectivity index (χ0n) is 15.8. The average Bonchev–Trinajstić information content (AvgIpc) is 3.03. The van der Waals surface area contributed by atoms with Crippen LogP contribution in [0.15, 0.2) is 72.8 Å². The molecule has 3 aromatic rings. The standard InChI is InChI=1S/C24H22N2O2/c1-2-26-22-13-12-21(15-20(22)16-24(26)28)25-23(27)14-17-8-10-19(11-9-17)18-6-4-3-5-7-18/h3-13,15H,2,14,16H2,1H3,(H,25,27). The second-order valence-electron chi connectivity index (χ2n) is 6.95. The molecular weight excluding hydrogens is 348 g/mol. The van der Waals surface area contributed by atoms with Crippen molar-refractivity contribution in [3.8, 4) is 11.1 Å². The number of amides is 2. The van der Waals surface area contributed by atoms with Gasteiger partial charge in [0.15, 0.2) is 0 Å². The summed E-state index contributed by atoms with van der Waals surface area (Å²) in [5.41, 5.74) is 5.90. The molecule has 0 fully saturated rings. The van der Waals surface area contributed by atoms with Gasteiger partial charge in [-0.15, -0.1) is 0 Å². The number of hydrogen-bond donors (Lipinski definition) is 1. The third-order valence-electron chi connectivity index (χ3n) is 5.04. The number of nitrogens with zero attached hydrogens (tertiary/aromatic N) is 1. The van der Waals surface area contributed by atoms with Crippen molar-refractivity contribution in [3.63, 3.8) is 0 Å². The lowest BCUT2D eigenvalue weighted by atomic mass is 10.0. The molecule has 0 bridgehead atoms. The largest absolute Gasteiger partial charge is 0.326 e. The Bertz CT molecular complexity index is 1010. The molecule has 2 amide bonds. The highest BCUT2D eigenvalue weighted by Crippen LogP contribution is 2.31. The van der Waals surface area contributed by atoms with Gasteiger partial charge in [-0.2, -0.15) is 0 Å². The molecule has 140 valence electrons. The summed E-state index contributed by atoms with van der Waals surface area (Å²) in [5.74, 6) is 0.0450. The normalized spacial score (nSPS) is 12.8. The van der Waals surface area contributed by atoms with Gasteiger partial charge in [-0.25, -0.2) is 0 Å². The SMILES string of the molecule is CCN1C(=O)Cc2cc(NC(=O)Cc3ccc(-c4ccccc4)cc3)ccc21. The number of nitrogens with one attached hydrogen (secondary N) is 1. The van der Waals surface area contributed by atoms with E-state index in [-0.39, 0.29) is 11.8 Å². The number of anilines is 2. The van der Waals surface area contributed by atoms with Crippen LogP contribution in [0, 0.1) is 0 Å². The maximum absolute atomic E-state index is 12.4. The van der Waals surface area contributed by atoms with Gasteiger partial charge >= 0.3 is 0 Å². The third kappa shape index (κ3) is 3.67. The van der Waals surface area contributed by atoms with Crippen LogP contribution >= 0.6 is 0 Å². The van der Waals surface area contributed by atoms with Crippen molar-refractivity contribution in [2.24, 2.45) is 0 Å². The second-order valence-corrected chi connectivity index (χ2v) is 6.95. The molecule has 1 heterocycles. The summed E-state index contributed by atoms with van der Waals surface area (Å²) >= 11 is 0. The number of benzene rings is 3. The molecule has 1 N–H and O–H groups in total. The molecule has 0 spiro atoms. The lowest BCUT2D eigenvalue weighted by Gasteiger charge is -2.15. The first-order chi connectivity index (χ1) is 13.6. The van der Waals surface area contributed by atoms with E-state index >= 15 is 0 Å². The number of hydrogen-bond acceptors (Lipinski definition) is 2. The van der Waals surface area contributed by atoms with Gasteiger partial charge in [-0.3, -0.25) is 9.59 Å². The van der Waals surface area contributed by atoms with E-state index in [9.17, 15) is 9.59 Å². The fourth-order valence-corrected chi connectivity index (χ4v) is 3.64. The van der Waals surface area contributed by atoms with Crippen LogP contribution in [0.5, 0.6) is 0 Å². The molecular formula is C24H22N2O2. The van der Waals surface area contributed by atoms with E-state index in [4.69, 9.17) is 0 Å². The minimum Gasteiger partial charge on any atom is -0.326 e. The minimum absolute atomic E-state index is 0.0657. The first-order valence-corrected chi connectivity index (χ1v) is 9.51. The molecule has 0 radical (unpaired) electrons. The fourth-order valence-electron chi connectivity index (χ4n) is 3.64. The molecule has 1 aliphatic heterocycles. The predicted molar refractivity (Wildman–Crippen MR) is 112 cm³/mol. The molecule has 0 aliphatic carbocycles. The summed E-state index contributed by atoms with van der Waals surface area (Å²) in [5, 5.41) is 2.95. The maximum Gasteiger partial charge on any atom is 0.231 e. The van der Waals surface area contributed by atoms with Gasteiger partial charge in [0, 0.05) is 17.9 Å². The molecule has 3 aromatic carbocycles. The second kappa shape index (κ2) is 7.69. The van der Waals surface area contributed by atoms with Crippen LogP contribution in [0.1, 0.15) is 18.1 Å². The summed E-state index contributed by atoms with van der Waals surface area (Å²) in [6, 6.07) is 23.9. The van der Waals surface area contributed by atoms with Gasteiger partial charge in [0.05, 0.1) is 12.8 Å². The number of carbonyl (C=O) groups is 2. The van der Waals surface area contributed by atoms with Crippen LogP contribution in [-0.4, -0.2) is 18.4 Å². The highest BCUT2D eigenvalue weighted by atomic mass is 16.2. The third-order valence-corrected chi connectivity index (χ3v) is 5.04. The van der Waals surface area contributed by atoms with Crippen molar-refractivity contribution in [1.29, 1.82) is 0 Å². The molecule has 0 saturated heterocycles. The summed E-state index contributed by atoms with van der Waals surface area (Å²) in [4.78, 5) is 26.2. The van der Waals surface area contributed by atoms with Crippen molar-refractivity contribution >= 4 is 23.2 Å². The van der Waals surface area contributed by atoms with Crippen molar-refractivity contribution in [3.05, 3.63) is 83.9 Å². The van der Waals surface area contributed by atoms with Crippen molar-refractivity contribution in [1.82, 2.24) is 0 Å². The van der Waals surface area contributed by atoms with E-state index in [0.29, 0.717) is 19.4 Å². The molecule has 0 unspecified atom stereocenters. The van der Waals surface area contributed by atoms with Crippen molar-refractivity contribution in [2.75, 3.05) is 16.8 Å². The molecule has 4 rings (SSSR count). The first-order valence-electron chi connectivity index (χ1n) is 9.51. The number of carbonyl (C=O) groups excluding carboxylic acids is 2. The summed E-state index contributed by atoms with van der Waals surface area (Å²) < 4.78 is 0. The summed E-state index contributed by atoms with van der Waals surface area (Å²) in [7, 11) is 0. The summed E-state index contributed by atoms with van der Waals surface area (Å²) in [6.45, 7) is 2.63. The monoisotopic (exact) mass is 370 g/mol. The highest BCUT2D eigenvalue weighted by Gasteiger charge is 2.25. The van der Waals surface area contributed by atoms with Gasteiger partial charge in [0.1, 0.15) is 0 Å². The Labute approximate surface area is 164 Å². The molecule has 4 nitrogen and oxygen atoms in total. The number of likely N-dealkylation sites (N-methyl/N-ethyl adjacent to an activating group) is 1. The van der Waals surface area contributed by atoms with Gasteiger partial charge in [-0.05, 0) is 47.4 Å². The van der Waals surface area contributed by atoms with E-state index in [1.807, 2.05) is 67.6 Å². The zero-order chi connectivity index (χ0) is 19.5. The fraction of sp³-hybridized carbons (Fsp3) is 0.167. The quantitative estimate of drug-likeness (QED) is 0.722. The highest BCUT2D eigenvalue weighted by molar-refractivity contribution is 6.02. The Balaban J connectivity index is 1.41. The van der Waals surface area contributed by atoms with E-state index in [0.717, 1.165) is 33.6 Å². The molecule has 0 atom stereocenters. The molecule has 1 aliphatic rings. The van der Waals surface area contributed by atoms with Gasteiger partial charge in [0.25, 0.3) is 0 Å². The van der Waals surface area contributed by atoms with Crippen LogP contribution in [0.2, 0.25) is 0 Å².